The zero-order chi connectivity index (χ0) is 22.8. The maximum Gasteiger partial charge on any atom is 0.240 e. The Balaban J connectivity index is 1.46. The van der Waals surface area contributed by atoms with Gasteiger partial charge in [-0.05, 0) is 61.4 Å². The van der Waals surface area contributed by atoms with Crippen LogP contribution in [0.25, 0.3) is 16.7 Å². The molecule has 33 heavy (non-hydrogen) atoms. The third-order valence-corrected chi connectivity index (χ3v) is 9.04. The molecule has 5 rings (SSSR count). The van der Waals surface area contributed by atoms with Gasteiger partial charge in [-0.25, -0.2) is 18.1 Å². The molecule has 0 radical (unpaired) electrons. The lowest BCUT2D eigenvalue weighted by Crippen LogP contribution is -2.43. The first-order valence-corrected chi connectivity index (χ1v) is 13.7. The van der Waals surface area contributed by atoms with Gasteiger partial charge in [0.05, 0.1) is 15.9 Å². The molecule has 1 aliphatic carbocycles. The van der Waals surface area contributed by atoms with Crippen LogP contribution >= 0.6 is 23.4 Å². The van der Waals surface area contributed by atoms with Crippen LogP contribution in [0.5, 0.6) is 0 Å². The zero-order valence-electron chi connectivity index (χ0n) is 17.9. The maximum absolute atomic E-state index is 13.1. The first-order valence-electron chi connectivity index (χ1n) is 11.0. The molecule has 0 aliphatic heterocycles. The van der Waals surface area contributed by atoms with Crippen molar-refractivity contribution >= 4 is 44.4 Å². The summed E-state index contributed by atoms with van der Waals surface area (Å²) in [5, 5.41) is 1.48. The Morgan fingerprint density at radius 1 is 0.909 bits per heavy atom. The topological polar surface area (TPSA) is 64.0 Å². The molecule has 1 aliphatic rings. The summed E-state index contributed by atoms with van der Waals surface area (Å²) in [4.78, 5) is 5.15. The lowest BCUT2D eigenvalue weighted by molar-refractivity contribution is 0.422. The zero-order valence-corrected chi connectivity index (χ0v) is 20.3. The van der Waals surface area contributed by atoms with E-state index in [2.05, 4.69) is 27.5 Å². The van der Waals surface area contributed by atoms with Crippen LogP contribution in [0.15, 0.2) is 88.9 Å². The number of imidazole rings is 1. The first kappa shape index (κ1) is 22.5. The number of sulfonamides is 1. The summed E-state index contributed by atoms with van der Waals surface area (Å²) in [7, 11) is -3.64. The maximum atomic E-state index is 13.1. The number of benzene rings is 3. The average Bonchev–Trinajstić information content (AvgIpc) is 3.19. The predicted octanol–water partition coefficient (Wildman–Crippen LogP) is 6.06. The van der Waals surface area contributed by atoms with Gasteiger partial charge in [0.15, 0.2) is 5.16 Å². The number of hydrogen-bond donors (Lipinski definition) is 1. The molecule has 0 saturated heterocycles. The van der Waals surface area contributed by atoms with Gasteiger partial charge in [0.2, 0.25) is 10.0 Å². The molecular formula is C25H24ClN3O2S2. The fraction of sp³-hybridized carbons (Fsp3) is 0.240. The molecule has 5 nitrogen and oxygen atoms in total. The normalized spacial score (nSPS) is 19.1. The molecule has 0 amide bonds. The summed E-state index contributed by atoms with van der Waals surface area (Å²) >= 11 is 7.60. The quantitative estimate of drug-likeness (QED) is 0.351. The lowest BCUT2D eigenvalue weighted by atomic mass is 9.96. The van der Waals surface area contributed by atoms with Crippen LogP contribution in [0.3, 0.4) is 0 Å². The average molecular weight is 498 g/mol. The molecule has 0 unspecified atom stereocenters. The van der Waals surface area contributed by atoms with E-state index in [0.29, 0.717) is 5.02 Å². The van der Waals surface area contributed by atoms with E-state index in [-0.39, 0.29) is 16.2 Å². The predicted molar refractivity (Wildman–Crippen MR) is 135 cm³/mol. The smallest absolute Gasteiger partial charge is 0.240 e. The second kappa shape index (κ2) is 9.50. The third kappa shape index (κ3) is 4.82. The summed E-state index contributed by atoms with van der Waals surface area (Å²) in [6, 6.07) is 24.4. The second-order valence-electron chi connectivity index (χ2n) is 8.18. The fourth-order valence-electron chi connectivity index (χ4n) is 4.30. The van der Waals surface area contributed by atoms with E-state index in [1.54, 1.807) is 36.0 Å². The molecule has 170 valence electrons. The van der Waals surface area contributed by atoms with Crippen LogP contribution in [0.4, 0.5) is 0 Å². The molecule has 8 heteroatoms. The molecule has 4 aromatic rings. The van der Waals surface area contributed by atoms with Crippen LogP contribution in [0.1, 0.15) is 25.7 Å². The summed E-state index contributed by atoms with van der Waals surface area (Å²) in [6.07, 6.45) is 3.80. The van der Waals surface area contributed by atoms with Crippen molar-refractivity contribution in [3.63, 3.8) is 0 Å². The first-order chi connectivity index (χ1) is 16.0. The van der Waals surface area contributed by atoms with E-state index in [1.165, 1.54) is 0 Å². The van der Waals surface area contributed by atoms with E-state index in [1.807, 2.05) is 36.4 Å². The number of halogens is 1. The minimum absolute atomic E-state index is 0.0834. The highest BCUT2D eigenvalue weighted by molar-refractivity contribution is 7.99. The van der Waals surface area contributed by atoms with Gasteiger partial charge in [-0.15, -0.1) is 0 Å². The fourth-order valence-corrected chi connectivity index (χ4v) is 7.21. The highest BCUT2D eigenvalue weighted by atomic mass is 35.5. The monoisotopic (exact) mass is 497 g/mol. The van der Waals surface area contributed by atoms with E-state index < -0.39 is 10.0 Å². The minimum Gasteiger partial charge on any atom is -0.287 e. The number of rotatable bonds is 6. The van der Waals surface area contributed by atoms with Gasteiger partial charge in [0, 0.05) is 22.0 Å². The van der Waals surface area contributed by atoms with Crippen molar-refractivity contribution < 1.29 is 8.42 Å². The van der Waals surface area contributed by atoms with E-state index in [0.717, 1.165) is 47.6 Å². The van der Waals surface area contributed by atoms with Gasteiger partial charge in [0.25, 0.3) is 0 Å². The SMILES string of the molecule is O=S(=O)(N[C@H]1CCCC[C@@H]1Sc1nc2ccccc2n1-c1ccccc1)c1ccc(Cl)cc1. The number of nitrogens with zero attached hydrogens (tertiary/aromatic N) is 2. The third-order valence-electron chi connectivity index (χ3n) is 5.93. The number of hydrogen-bond acceptors (Lipinski definition) is 4. The Bertz CT molecular complexity index is 1360. The van der Waals surface area contributed by atoms with E-state index in [9.17, 15) is 8.42 Å². The summed E-state index contributed by atoms with van der Waals surface area (Å²) < 4.78 is 31.2. The molecule has 1 N–H and O–H groups in total. The molecule has 0 bridgehead atoms. The van der Waals surface area contributed by atoms with E-state index >= 15 is 0 Å². The van der Waals surface area contributed by atoms with Crippen LogP contribution in [0.2, 0.25) is 5.02 Å². The molecular weight excluding hydrogens is 474 g/mol. The van der Waals surface area contributed by atoms with E-state index in [4.69, 9.17) is 16.6 Å². The van der Waals surface area contributed by atoms with Crippen LogP contribution < -0.4 is 4.72 Å². The Hall–Kier alpha value is -2.32. The van der Waals surface area contributed by atoms with Crippen molar-refractivity contribution in [1.29, 1.82) is 0 Å². The molecule has 1 aromatic heterocycles. The van der Waals surface area contributed by atoms with Gasteiger partial charge in [0.1, 0.15) is 0 Å². The van der Waals surface area contributed by atoms with Crippen LogP contribution in [-0.4, -0.2) is 29.3 Å². The second-order valence-corrected chi connectivity index (χ2v) is 11.5. The van der Waals surface area contributed by atoms with Crippen molar-refractivity contribution in [1.82, 2.24) is 14.3 Å². The van der Waals surface area contributed by atoms with Gasteiger partial charge >= 0.3 is 0 Å². The lowest BCUT2D eigenvalue weighted by Gasteiger charge is -2.31. The number of aromatic nitrogens is 2. The molecule has 1 fully saturated rings. The number of fused-ring (bicyclic) bond motifs is 1. The van der Waals surface area contributed by atoms with Crippen molar-refractivity contribution in [3.8, 4) is 5.69 Å². The Morgan fingerprint density at radius 2 is 1.61 bits per heavy atom. The Morgan fingerprint density at radius 3 is 2.39 bits per heavy atom. The molecule has 0 spiro atoms. The molecule has 3 aromatic carbocycles. The largest absolute Gasteiger partial charge is 0.287 e. The standard InChI is InChI=1S/C25H24ClN3O2S2/c26-18-14-16-20(17-15-18)33(30,31)28-22-11-5-7-13-24(22)32-25-27-21-10-4-6-12-23(21)29(25)19-8-2-1-3-9-19/h1-4,6,8-10,12,14-17,22,24,28H,5,7,11,13H2/t22-,24-/m0/s1. The highest BCUT2D eigenvalue weighted by Gasteiger charge is 2.32. The van der Waals surface area contributed by atoms with Gasteiger partial charge in [-0.3, -0.25) is 4.57 Å². The van der Waals surface area contributed by atoms with Gasteiger partial charge in [-0.1, -0.05) is 66.5 Å². The van der Waals surface area contributed by atoms with Crippen LogP contribution in [0, 0.1) is 0 Å². The minimum atomic E-state index is -3.64. The Labute approximate surface area is 203 Å². The number of nitrogens with one attached hydrogen (secondary N) is 1. The van der Waals surface area contributed by atoms with Crippen LogP contribution in [-0.2, 0) is 10.0 Å². The van der Waals surface area contributed by atoms with Crippen molar-refractivity contribution in [2.75, 3.05) is 0 Å². The van der Waals surface area contributed by atoms with Gasteiger partial charge < -0.3 is 0 Å². The summed E-state index contributed by atoms with van der Waals surface area (Å²) in [5.41, 5.74) is 3.01. The number of thioether (sulfide) groups is 1. The molecule has 1 heterocycles. The molecule has 2 atom stereocenters. The number of para-hydroxylation sites is 3. The summed E-state index contributed by atoms with van der Waals surface area (Å²) in [5.74, 6) is 0. The van der Waals surface area contributed by atoms with Gasteiger partial charge in [-0.2, -0.15) is 0 Å². The molecule has 1 saturated carbocycles. The van der Waals surface area contributed by atoms with Crippen molar-refractivity contribution in [2.24, 2.45) is 0 Å². The summed E-state index contributed by atoms with van der Waals surface area (Å²) in [6.45, 7) is 0. The Kier molecular flexibility index (Phi) is 6.47. The highest BCUT2D eigenvalue weighted by Crippen LogP contribution is 2.37. The van der Waals surface area contributed by atoms with Crippen molar-refractivity contribution in [3.05, 3.63) is 83.9 Å². The van der Waals surface area contributed by atoms with Crippen molar-refractivity contribution in [2.45, 2.75) is 47.0 Å².